The van der Waals surface area contributed by atoms with E-state index in [1.165, 1.54) is 13.2 Å². The Morgan fingerprint density at radius 1 is 0.844 bits per heavy atom. The van der Waals surface area contributed by atoms with Gasteiger partial charge in [-0.25, -0.2) is 8.42 Å². The number of sulfonamides is 1. The van der Waals surface area contributed by atoms with E-state index < -0.39 is 10.0 Å². The molecular formula is C24H19N3O4S. The minimum absolute atomic E-state index is 0.0468. The highest BCUT2D eigenvalue weighted by Gasteiger charge is 2.21. The summed E-state index contributed by atoms with van der Waals surface area (Å²) in [5.41, 5.74) is 1.77. The molecule has 0 aliphatic rings. The van der Waals surface area contributed by atoms with Crippen LogP contribution in [0, 0.1) is 11.8 Å². The molecule has 0 aliphatic heterocycles. The number of methoxy groups -OCH3 is 2. The van der Waals surface area contributed by atoms with Gasteiger partial charge >= 0.3 is 0 Å². The largest absolute Gasteiger partial charge is 0.496 e. The number of pyridine rings is 2. The lowest BCUT2D eigenvalue weighted by Crippen LogP contribution is -2.14. The van der Waals surface area contributed by atoms with Gasteiger partial charge in [0.05, 0.1) is 31.0 Å². The van der Waals surface area contributed by atoms with Crippen molar-refractivity contribution in [3.63, 3.8) is 0 Å². The second-order valence-electron chi connectivity index (χ2n) is 6.64. The molecule has 7 nitrogen and oxygen atoms in total. The lowest BCUT2D eigenvalue weighted by molar-refractivity contribution is 0.413. The van der Waals surface area contributed by atoms with E-state index in [1.807, 2.05) is 0 Å². The maximum Gasteiger partial charge on any atom is 0.264 e. The van der Waals surface area contributed by atoms with Crippen molar-refractivity contribution in [1.29, 1.82) is 0 Å². The van der Waals surface area contributed by atoms with Crippen molar-refractivity contribution in [2.24, 2.45) is 0 Å². The summed E-state index contributed by atoms with van der Waals surface area (Å²) in [5.74, 6) is 7.12. The molecule has 8 heteroatoms. The Morgan fingerprint density at radius 3 is 2.44 bits per heavy atom. The standard InChI is InChI=1S/C24H19N3O4S/c1-30-21-13-15-25-16-18(21)10-9-17-6-3-4-8-20(17)27-32(28,29)23-12-11-22(31-2)19-7-5-14-26-24(19)23/h3-8,11-16,27H,1-2H3. The van der Waals surface area contributed by atoms with Gasteiger partial charge < -0.3 is 9.47 Å². The third kappa shape index (κ3) is 4.19. The molecule has 0 saturated carbocycles. The molecule has 1 N–H and O–H groups in total. The summed E-state index contributed by atoms with van der Waals surface area (Å²) >= 11 is 0. The first-order valence-corrected chi connectivity index (χ1v) is 11.1. The zero-order chi connectivity index (χ0) is 22.6. The third-order valence-corrected chi connectivity index (χ3v) is 6.10. The van der Waals surface area contributed by atoms with Crippen LogP contribution >= 0.6 is 0 Å². The predicted molar refractivity (Wildman–Crippen MR) is 122 cm³/mol. The van der Waals surface area contributed by atoms with Crippen molar-refractivity contribution >= 4 is 26.6 Å². The van der Waals surface area contributed by atoms with Gasteiger partial charge in [-0.1, -0.05) is 24.0 Å². The van der Waals surface area contributed by atoms with Gasteiger partial charge in [-0.3, -0.25) is 14.7 Å². The van der Waals surface area contributed by atoms with E-state index in [-0.39, 0.29) is 4.90 Å². The van der Waals surface area contributed by atoms with Crippen LogP contribution in [-0.2, 0) is 10.0 Å². The molecule has 160 valence electrons. The molecule has 2 heterocycles. The molecule has 0 saturated heterocycles. The fraction of sp³-hybridized carbons (Fsp3) is 0.0833. The number of hydrogen-bond acceptors (Lipinski definition) is 6. The number of hydrogen-bond donors (Lipinski definition) is 1. The summed E-state index contributed by atoms with van der Waals surface area (Å²) in [6.45, 7) is 0. The average molecular weight is 446 g/mol. The van der Waals surface area contributed by atoms with Crippen molar-refractivity contribution in [3.8, 4) is 23.3 Å². The van der Waals surface area contributed by atoms with Gasteiger partial charge in [-0.2, -0.15) is 0 Å². The Morgan fingerprint density at radius 2 is 1.62 bits per heavy atom. The average Bonchev–Trinajstić information content (AvgIpc) is 2.82. The molecule has 0 aliphatic carbocycles. The molecule has 0 fully saturated rings. The third-order valence-electron chi connectivity index (χ3n) is 4.71. The Bertz CT molecular complexity index is 1460. The van der Waals surface area contributed by atoms with Crippen LogP contribution in [0.4, 0.5) is 5.69 Å². The second kappa shape index (κ2) is 8.96. The second-order valence-corrected chi connectivity index (χ2v) is 8.29. The molecule has 2 aromatic carbocycles. The number of ether oxygens (including phenoxy) is 2. The van der Waals surface area contributed by atoms with Crippen molar-refractivity contribution in [2.45, 2.75) is 4.90 Å². The van der Waals surface area contributed by atoms with Crippen LogP contribution in [0.5, 0.6) is 11.5 Å². The van der Waals surface area contributed by atoms with E-state index in [9.17, 15) is 8.42 Å². The maximum atomic E-state index is 13.3. The summed E-state index contributed by atoms with van der Waals surface area (Å²) < 4.78 is 39.8. The van der Waals surface area contributed by atoms with E-state index in [0.717, 1.165) is 0 Å². The first-order valence-electron chi connectivity index (χ1n) is 9.57. The highest BCUT2D eigenvalue weighted by Crippen LogP contribution is 2.30. The van der Waals surface area contributed by atoms with Crippen molar-refractivity contribution < 1.29 is 17.9 Å². The van der Waals surface area contributed by atoms with E-state index in [4.69, 9.17) is 9.47 Å². The fourth-order valence-electron chi connectivity index (χ4n) is 3.18. The first-order chi connectivity index (χ1) is 15.5. The maximum absolute atomic E-state index is 13.3. The van der Waals surface area contributed by atoms with E-state index in [2.05, 4.69) is 26.5 Å². The summed E-state index contributed by atoms with van der Waals surface area (Å²) in [6.07, 6.45) is 4.74. The Balaban J connectivity index is 1.74. The summed E-state index contributed by atoms with van der Waals surface area (Å²) in [7, 11) is -0.877. The van der Waals surface area contributed by atoms with Crippen molar-refractivity contribution in [2.75, 3.05) is 18.9 Å². The van der Waals surface area contributed by atoms with E-state index >= 15 is 0 Å². The molecule has 0 spiro atoms. The van der Waals surface area contributed by atoms with Gasteiger partial charge in [-0.05, 0) is 42.5 Å². The van der Waals surface area contributed by atoms with E-state index in [0.29, 0.717) is 39.2 Å². The van der Waals surface area contributed by atoms with Gasteiger partial charge in [0, 0.05) is 29.5 Å². The number of benzene rings is 2. The SMILES string of the molecule is COc1ccncc1C#Cc1ccccc1NS(=O)(=O)c1ccc(OC)c2cccnc12. The number of anilines is 1. The van der Waals surface area contributed by atoms with Crippen LogP contribution in [0.15, 0.2) is 78.1 Å². The molecule has 4 aromatic rings. The minimum atomic E-state index is -3.96. The van der Waals surface area contributed by atoms with Crippen LogP contribution in [0.2, 0.25) is 0 Å². The number of nitrogens with one attached hydrogen (secondary N) is 1. The highest BCUT2D eigenvalue weighted by atomic mass is 32.2. The van der Waals surface area contributed by atoms with Crippen LogP contribution < -0.4 is 14.2 Å². The quantitative estimate of drug-likeness (QED) is 0.470. The Hall–Kier alpha value is -4.09. The van der Waals surface area contributed by atoms with E-state index in [1.54, 1.807) is 74.2 Å². The zero-order valence-corrected chi connectivity index (χ0v) is 18.2. The monoisotopic (exact) mass is 445 g/mol. The minimum Gasteiger partial charge on any atom is -0.496 e. The molecular weight excluding hydrogens is 426 g/mol. The molecule has 2 aromatic heterocycles. The highest BCUT2D eigenvalue weighted by molar-refractivity contribution is 7.93. The molecule has 0 radical (unpaired) electrons. The molecule has 0 bridgehead atoms. The van der Waals surface area contributed by atoms with Gasteiger partial charge in [-0.15, -0.1) is 0 Å². The lowest BCUT2D eigenvalue weighted by atomic mass is 10.1. The zero-order valence-electron chi connectivity index (χ0n) is 17.4. The summed E-state index contributed by atoms with van der Waals surface area (Å²) in [5, 5.41) is 0.606. The van der Waals surface area contributed by atoms with Crippen molar-refractivity contribution in [3.05, 3.63) is 84.3 Å². The number of para-hydroxylation sites is 1. The number of rotatable bonds is 5. The predicted octanol–water partition coefficient (Wildman–Crippen LogP) is 3.85. The topological polar surface area (TPSA) is 90.4 Å². The smallest absolute Gasteiger partial charge is 0.264 e. The molecule has 32 heavy (non-hydrogen) atoms. The summed E-state index contributed by atoms with van der Waals surface area (Å²) in [6, 6.07) is 15.2. The van der Waals surface area contributed by atoms with Crippen LogP contribution in [0.3, 0.4) is 0 Å². The van der Waals surface area contributed by atoms with Crippen molar-refractivity contribution in [1.82, 2.24) is 9.97 Å². The van der Waals surface area contributed by atoms with Gasteiger partial charge in [0.1, 0.15) is 16.4 Å². The fourth-order valence-corrected chi connectivity index (χ4v) is 4.43. The number of fused-ring (bicyclic) bond motifs is 1. The Labute approximate surface area is 186 Å². The molecule has 0 unspecified atom stereocenters. The molecule has 0 atom stereocenters. The van der Waals surface area contributed by atoms with Crippen LogP contribution in [0.1, 0.15) is 11.1 Å². The van der Waals surface area contributed by atoms with Gasteiger partial charge in [0.25, 0.3) is 10.0 Å². The number of aromatic nitrogens is 2. The molecule has 0 amide bonds. The molecule has 4 rings (SSSR count). The van der Waals surface area contributed by atoms with Gasteiger partial charge in [0.2, 0.25) is 0 Å². The van der Waals surface area contributed by atoms with Crippen LogP contribution in [-0.4, -0.2) is 32.6 Å². The summed E-state index contributed by atoms with van der Waals surface area (Å²) in [4.78, 5) is 8.37. The van der Waals surface area contributed by atoms with Crippen LogP contribution in [0.25, 0.3) is 10.9 Å². The number of nitrogens with zero attached hydrogens (tertiary/aromatic N) is 2. The lowest BCUT2D eigenvalue weighted by Gasteiger charge is -2.13. The Kier molecular flexibility index (Phi) is 5.92. The van der Waals surface area contributed by atoms with Gasteiger partial charge in [0.15, 0.2) is 0 Å². The first kappa shape index (κ1) is 21.2. The normalized spacial score (nSPS) is 10.8.